The Morgan fingerprint density at radius 3 is 1.93 bits per heavy atom. The molecule has 0 unspecified atom stereocenters. The number of unbranched alkanes of at least 4 members (excludes halogenated alkanes) is 5. The van der Waals surface area contributed by atoms with E-state index in [1.165, 1.54) is 56.1 Å². The number of nitrogens with two attached hydrogens (primary N) is 1. The van der Waals surface area contributed by atoms with Gasteiger partial charge in [-0.1, -0.05) is 68.1 Å². The van der Waals surface area contributed by atoms with E-state index < -0.39 is 5.54 Å². The van der Waals surface area contributed by atoms with Crippen LogP contribution in [0.15, 0.2) is 59.1 Å². The Bertz CT molecular complexity index is 829. The van der Waals surface area contributed by atoms with Crippen LogP contribution in [0.1, 0.15) is 72.9 Å². The summed E-state index contributed by atoms with van der Waals surface area (Å²) in [6.07, 6.45) is 11.4. The number of halogens is 1. The molecule has 0 saturated heterocycles. The monoisotopic (exact) mass is 425 g/mol. The van der Waals surface area contributed by atoms with Crippen LogP contribution in [-0.2, 0) is 12.8 Å². The second kappa shape index (κ2) is 11.2. The average molecular weight is 426 g/mol. The number of rotatable bonds is 12. The highest BCUT2D eigenvalue weighted by Crippen LogP contribution is 2.36. The van der Waals surface area contributed by atoms with Crippen LogP contribution in [0.5, 0.6) is 0 Å². The van der Waals surface area contributed by atoms with Crippen molar-refractivity contribution in [2.24, 2.45) is 10.2 Å². The van der Waals surface area contributed by atoms with Gasteiger partial charge in [0.05, 0.1) is 5.54 Å². The number of hydrogen-bond donors (Lipinski definition) is 2. The molecule has 0 radical (unpaired) electrons. The third kappa shape index (κ3) is 6.60. The molecule has 0 atom stereocenters. The van der Waals surface area contributed by atoms with E-state index in [1.807, 2.05) is 24.3 Å². The van der Waals surface area contributed by atoms with E-state index in [0.717, 1.165) is 19.3 Å². The molecule has 0 aliphatic heterocycles. The van der Waals surface area contributed by atoms with Crippen molar-refractivity contribution in [2.45, 2.75) is 69.7 Å². The minimum atomic E-state index is -0.543. The Hall–Kier alpha value is -2.33. The molecule has 0 heterocycles. The van der Waals surface area contributed by atoms with Gasteiger partial charge in [-0.25, -0.2) is 0 Å². The summed E-state index contributed by atoms with van der Waals surface area (Å²) in [5.74, 6) is 0.159. The summed E-state index contributed by atoms with van der Waals surface area (Å²) in [5.41, 5.74) is 8.62. The zero-order chi connectivity index (χ0) is 21.2. The van der Waals surface area contributed by atoms with Crippen LogP contribution in [0.2, 0.25) is 0 Å². The van der Waals surface area contributed by atoms with Gasteiger partial charge in [0.1, 0.15) is 5.84 Å². The number of amides is 1. The third-order valence-corrected chi connectivity index (χ3v) is 6.11. The molecule has 2 aromatic carbocycles. The number of hydrogen-bond acceptors (Lipinski definition) is 2. The van der Waals surface area contributed by atoms with E-state index in [2.05, 4.69) is 40.2 Å². The fraction of sp³-hybridized carbons (Fsp3) is 0.440. The van der Waals surface area contributed by atoms with Gasteiger partial charge in [0.25, 0.3) is 5.91 Å². The van der Waals surface area contributed by atoms with E-state index in [1.54, 1.807) is 0 Å². The van der Waals surface area contributed by atoms with E-state index in [4.69, 9.17) is 17.5 Å². The van der Waals surface area contributed by atoms with Crippen LogP contribution in [0.4, 0.5) is 0 Å². The van der Waals surface area contributed by atoms with Gasteiger partial charge in [0.15, 0.2) is 0 Å². The Labute approximate surface area is 185 Å². The van der Waals surface area contributed by atoms with Gasteiger partial charge in [-0.3, -0.25) is 4.79 Å². The highest BCUT2D eigenvalue weighted by molar-refractivity contribution is 6.21. The third-order valence-electron chi connectivity index (χ3n) is 5.92. The van der Waals surface area contributed by atoms with Crippen molar-refractivity contribution in [3.63, 3.8) is 0 Å². The van der Waals surface area contributed by atoms with Gasteiger partial charge in [-0.05, 0) is 61.8 Å². The molecule has 5 heteroatoms. The fourth-order valence-corrected chi connectivity index (χ4v) is 3.94. The largest absolute Gasteiger partial charge is 0.384 e. The lowest BCUT2D eigenvalue weighted by Crippen LogP contribution is -2.46. The van der Waals surface area contributed by atoms with E-state index >= 15 is 0 Å². The molecule has 3 rings (SSSR count). The summed E-state index contributed by atoms with van der Waals surface area (Å²) in [6, 6.07) is 18.6. The lowest BCUT2D eigenvalue weighted by atomic mass is 10.0. The van der Waals surface area contributed by atoms with Gasteiger partial charge < -0.3 is 11.1 Å². The summed E-state index contributed by atoms with van der Waals surface area (Å²) in [7, 11) is 0. The summed E-state index contributed by atoms with van der Waals surface area (Å²) < 4.78 is 3.51. The summed E-state index contributed by atoms with van der Waals surface area (Å²) >= 11 is 5.46. The van der Waals surface area contributed by atoms with E-state index in [9.17, 15) is 4.79 Å². The Kier molecular flexibility index (Phi) is 8.32. The molecule has 30 heavy (non-hydrogen) atoms. The van der Waals surface area contributed by atoms with Gasteiger partial charge >= 0.3 is 0 Å². The van der Waals surface area contributed by atoms with Crippen molar-refractivity contribution in [1.29, 1.82) is 0 Å². The van der Waals surface area contributed by atoms with Crippen LogP contribution < -0.4 is 11.1 Å². The summed E-state index contributed by atoms with van der Waals surface area (Å²) in [6.45, 7) is 0. The van der Waals surface area contributed by atoms with Crippen LogP contribution in [-0.4, -0.2) is 17.3 Å². The van der Waals surface area contributed by atoms with Crippen molar-refractivity contribution >= 4 is 23.5 Å². The minimum Gasteiger partial charge on any atom is -0.384 e. The molecule has 1 fully saturated rings. The molecule has 0 spiro atoms. The highest BCUT2D eigenvalue weighted by atomic mass is 35.5. The first-order chi connectivity index (χ1) is 14.6. The maximum absolute atomic E-state index is 12.4. The zero-order valence-electron chi connectivity index (χ0n) is 17.6. The minimum absolute atomic E-state index is 0.127. The van der Waals surface area contributed by atoms with Crippen molar-refractivity contribution in [1.82, 2.24) is 5.32 Å². The first-order valence-electron chi connectivity index (χ1n) is 11.0. The zero-order valence-corrected chi connectivity index (χ0v) is 18.3. The average Bonchev–Trinajstić information content (AvgIpc) is 3.56. The van der Waals surface area contributed by atoms with Crippen LogP contribution in [0, 0.1) is 0 Å². The van der Waals surface area contributed by atoms with Gasteiger partial charge in [-0.15, -0.1) is 0 Å². The predicted molar refractivity (Wildman–Crippen MR) is 125 cm³/mol. The van der Waals surface area contributed by atoms with Crippen molar-refractivity contribution in [3.8, 4) is 0 Å². The molecule has 0 aromatic heterocycles. The maximum Gasteiger partial charge on any atom is 0.252 e. The second-order valence-electron chi connectivity index (χ2n) is 8.31. The normalized spacial score (nSPS) is 15.0. The predicted octanol–water partition coefficient (Wildman–Crippen LogP) is 5.59. The molecule has 1 saturated carbocycles. The lowest BCUT2D eigenvalue weighted by Gasteiger charge is -2.16. The molecule has 0 bridgehead atoms. The quantitative estimate of drug-likeness (QED) is 0.264. The smallest absolute Gasteiger partial charge is 0.252 e. The Balaban J connectivity index is 1.29. The molecular formula is C25H32ClN3O. The highest BCUT2D eigenvalue weighted by Gasteiger charge is 2.48. The SMILES string of the molecule is N/C(=N\Cl)C1(NC(=O)c2ccc(CCCCCCCCc3ccccc3)cc2)CC1. The molecule has 160 valence electrons. The molecule has 1 aliphatic carbocycles. The van der Waals surface area contributed by atoms with Crippen molar-refractivity contribution < 1.29 is 4.79 Å². The lowest BCUT2D eigenvalue weighted by molar-refractivity contribution is 0.0943. The molecule has 4 nitrogen and oxygen atoms in total. The van der Waals surface area contributed by atoms with E-state index in [-0.39, 0.29) is 11.7 Å². The molecule has 2 aromatic rings. The first kappa shape index (κ1) is 22.4. The number of nitrogens with zero attached hydrogens (tertiary/aromatic N) is 1. The Morgan fingerprint density at radius 1 is 0.867 bits per heavy atom. The van der Waals surface area contributed by atoms with Crippen LogP contribution in [0.25, 0.3) is 0 Å². The molecular weight excluding hydrogens is 394 g/mol. The van der Waals surface area contributed by atoms with E-state index in [0.29, 0.717) is 5.56 Å². The fourth-order valence-electron chi connectivity index (χ4n) is 3.77. The summed E-state index contributed by atoms with van der Waals surface area (Å²) in [4.78, 5) is 12.4. The number of amidine groups is 1. The first-order valence-corrected chi connectivity index (χ1v) is 11.4. The number of aryl methyl sites for hydroxylation is 2. The maximum atomic E-state index is 12.4. The van der Waals surface area contributed by atoms with Gasteiger partial charge in [-0.2, -0.15) is 4.51 Å². The number of carbonyl (C=O) groups is 1. The standard InChI is InChI=1S/C25H32ClN3O/c26-29-24(27)25(18-19-25)28-23(30)22-16-14-21(15-17-22)13-7-4-2-1-3-6-10-20-11-8-5-9-12-20/h5,8-9,11-12,14-17H,1-4,6-7,10,13,18-19H2,(H2,27,29)(H,28,30). The summed E-state index contributed by atoms with van der Waals surface area (Å²) in [5, 5.41) is 2.96. The molecule has 1 amide bonds. The van der Waals surface area contributed by atoms with Crippen molar-refractivity contribution in [2.75, 3.05) is 0 Å². The van der Waals surface area contributed by atoms with Crippen LogP contribution >= 0.6 is 11.8 Å². The number of nitrogens with one attached hydrogen (secondary N) is 1. The number of carbonyl (C=O) groups excluding carboxylic acids is 1. The van der Waals surface area contributed by atoms with Gasteiger partial charge in [0, 0.05) is 17.3 Å². The number of benzene rings is 2. The second-order valence-corrected chi connectivity index (χ2v) is 8.48. The topological polar surface area (TPSA) is 67.5 Å². The Morgan fingerprint density at radius 2 is 1.40 bits per heavy atom. The molecule has 1 aliphatic rings. The van der Waals surface area contributed by atoms with Crippen LogP contribution in [0.3, 0.4) is 0 Å². The van der Waals surface area contributed by atoms with Crippen molar-refractivity contribution in [3.05, 3.63) is 71.3 Å². The van der Waals surface area contributed by atoms with Gasteiger partial charge in [0.2, 0.25) is 0 Å². The molecule has 3 N–H and O–H groups in total.